The largest absolute Gasteiger partial charge is 0.481 e. The number of hydrogen-bond donors (Lipinski definition) is 3. The van der Waals surface area contributed by atoms with Crippen LogP contribution in [-0.2, 0) is 9.59 Å². The molecule has 1 rings (SSSR count). The zero-order valence-corrected chi connectivity index (χ0v) is 15.3. The molecule has 0 fully saturated rings. The number of carbonyl (C=O) groups is 2. The number of hydrogen-bond acceptors (Lipinski definition) is 3. The number of H-pyrrole nitrogens is 1. The van der Waals surface area contributed by atoms with E-state index in [1.807, 2.05) is 6.92 Å². The minimum Gasteiger partial charge on any atom is -0.481 e. The van der Waals surface area contributed by atoms with Crippen LogP contribution in [0.1, 0.15) is 52.9 Å². The zero-order valence-electron chi connectivity index (χ0n) is 15.3. The third-order valence-corrected chi connectivity index (χ3v) is 4.46. The molecule has 6 nitrogen and oxygen atoms in total. The van der Waals surface area contributed by atoms with E-state index in [1.165, 1.54) is 11.8 Å². The summed E-state index contributed by atoms with van der Waals surface area (Å²) < 4.78 is 0. The third kappa shape index (κ3) is 6.95. The van der Waals surface area contributed by atoms with E-state index in [4.69, 9.17) is 0 Å². The molecule has 2 unspecified atom stereocenters. The number of aromatic amines is 1. The van der Waals surface area contributed by atoms with E-state index < -0.39 is 11.9 Å². The van der Waals surface area contributed by atoms with Gasteiger partial charge >= 0.3 is 5.97 Å². The standard InChI is InChI=1S/C19H29N3O3/c1-5-13(3)8-7-9-14(4)15(6-2)16(19(24)25)12-18(23)21-17-10-11-20-22-17/h8,10-11,15-16H,4-7,9,12H2,1-3H3,(H,24,25)(H2,20,21,22,23). The van der Waals surface area contributed by atoms with E-state index in [-0.39, 0.29) is 18.2 Å². The van der Waals surface area contributed by atoms with E-state index in [9.17, 15) is 14.7 Å². The van der Waals surface area contributed by atoms with Gasteiger partial charge in [-0.1, -0.05) is 37.6 Å². The Morgan fingerprint density at radius 3 is 2.64 bits per heavy atom. The maximum absolute atomic E-state index is 12.1. The average molecular weight is 347 g/mol. The Kier molecular flexibility index (Phi) is 8.67. The van der Waals surface area contributed by atoms with Crippen molar-refractivity contribution in [1.29, 1.82) is 0 Å². The molecule has 6 heteroatoms. The Bertz CT molecular complexity index is 605. The fourth-order valence-electron chi connectivity index (χ4n) is 2.82. The van der Waals surface area contributed by atoms with Crippen LogP contribution in [0.25, 0.3) is 0 Å². The predicted molar refractivity (Wildman–Crippen MR) is 99.2 cm³/mol. The summed E-state index contributed by atoms with van der Waals surface area (Å²) in [6.07, 6.45) is 6.84. The normalized spacial score (nSPS) is 14.0. The maximum Gasteiger partial charge on any atom is 0.307 e. The summed E-state index contributed by atoms with van der Waals surface area (Å²) in [4.78, 5) is 23.9. The highest BCUT2D eigenvalue weighted by Crippen LogP contribution is 2.29. The van der Waals surface area contributed by atoms with Gasteiger partial charge in [0.1, 0.15) is 5.82 Å². The van der Waals surface area contributed by atoms with E-state index in [0.717, 1.165) is 24.8 Å². The topological polar surface area (TPSA) is 95.1 Å². The Labute approximate surface area is 149 Å². The van der Waals surface area contributed by atoms with Crippen molar-refractivity contribution in [2.24, 2.45) is 11.8 Å². The van der Waals surface area contributed by atoms with Gasteiger partial charge in [0.25, 0.3) is 0 Å². The highest BCUT2D eigenvalue weighted by molar-refractivity contribution is 5.92. The van der Waals surface area contributed by atoms with Crippen molar-refractivity contribution in [1.82, 2.24) is 10.2 Å². The fourth-order valence-corrected chi connectivity index (χ4v) is 2.82. The van der Waals surface area contributed by atoms with E-state index in [1.54, 1.807) is 6.07 Å². The molecular formula is C19H29N3O3. The molecular weight excluding hydrogens is 318 g/mol. The molecule has 0 spiro atoms. The quantitative estimate of drug-likeness (QED) is 0.524. The van der Waals surface area contributed by atoms with Crippen molar-refractivity contribution < 1.29 is 14.7 Å². The molecule has 0 aromatic carbocycles. The smallest absolute Gasteiger partial charge is 0.307 e. The number of nitrogens with one attached hydrogen (secondary N) is 2. The predicted octanol–water partition coefficient (Wildman–Crippen LogP) is 4.16. The van der Waals surface area contributed by atoms with Gasteiger partial charge in [-0.15, -0.1) is 0 Å². The summed E-state index contributed by atoms with van der Waals surface area (Å²) in [5.41, 5.74) is 2.21. The molecule has 0 radical (unpaired) electrons. The number of amides is 1. The van der Waals surface area contributed by atoms with E-state index in [2.05, 4.69) is 42.0 Å². The third-order valence-electron chi connectivity index (χ3n) is 4.46. The number of carboxylic acid groups (broad SMARTS) is 1. The van der Waals surface area contributed by atoms with Gasteiger partial charge in [-0.3, -0.25) is 14.7 Å². The summed E-state index contributed by atoms with van der Waals surface area (Å²) >= 11 is 0. The molecule has 1 heterocycles. The molecule has 138 valence electrons. The number of rotatable bonds is 11. The van der Waals surface area contributed by atoms with Crippen LogP contribution in [0.2, 0.25) is 0 Å². The average Bonchev–Trinajstić information content (AvgIpc) is 3.07. The first-order valence-corrected chi connectivity index (χ1v) is 8.74. The molecule has 1 amide bonds. The number of anilines is 1. The zero-order chi connectivity index (χ0) is 18.8. The van der Waals surface area contributed by atoms with Crippen LogP contribution in [0.5, 0.6) is 0 Å². The van der Waals surface area contributed by atoms with Crippen LogP contribution in [0.15, 0.2) is 36.1 Å². The second-order valence-electron chi connectivity index (χ2n) is 6.28. The first-order valence-electron chi connectivity index (χ1n) is 8.74. The van der Waals surface area contributed by atoms with Crippen LogP contribution in [0.4, 0.5) is 5.82 Å². The van der Waals surface area contributed by atoms with Crippen molar-refractivity contribution in [2.45, 2.75) is 52.9 Å². The van der Waals surface area contributed by atoms with Crippen molar-refractivity contribution in [2.75, 3.05) is 5.32 Å². The van der Waals surface area contributed by atoms with Gasteiger partial charge in [0, 0.05) is 12.5 Å². The molecule has 0 saturated carbocycles. The van der Waals surface area contributed by atoms with Crippen molar-refractivity contribution in [3.63, 3.8) is 0 Å². The van der Waals surface area contributed by atoms with Crippen molar-refractivity contribution in [3.05, 3.63) is 36.1 Å². The first kappa shape index (κ1) is 20.7. The van der Waals surface area contributed by atoms with Gasteiger partial charge in [-0.25, -0.2) is 0 Å². The fraction of sp³-hybridized carbons (Fsp3) is 0.526. The molecule has 1 aromatic rings. The van der Waals surface area contributed by atoms with Gasteiger partial charge in [-0.05, 0) is 38.5 Å². The van der Waals surface area contributed by atoms with E-state index in [0.29, 0.717) is 12.2 Å². The second-order valence-corrected chi connectivity index (χ2v) is 6.28. The molecule has 0 aliphatic heterocycles. The number of carboxylic acids is 1. The number of nitrogens with zero attached hydrogens (tertiary/aromatic N) is 1. The molecule has 0 aliphatic carbocycles. The van der Waals surface area contributed by atoms with Crippen LogP contribution < -0.4 is 5.32 Å². The highest BCUT2D eigenvalue weighted by atomic mass is 16.4. The van der Waals surface area contributed by atoms with E-state index >= 15 is 0 Å². The van der Waals surface area contributed by atoms with Gasteiger partial charge < -0.3 is 10.4 Å². The number of carbonyl (C=O) groups excluding carboxylic acids is 1. The lowest BCUT2D eigenvalue weighted by Gasteiger charge is -2.24. The molecule has 3 N–H and O–H groups in total. The maximum atomic E-state index is 12.1. The summed E-state index contributed by atoms with van der Waals surface area (Å²) in [7, 11) is 0. The summed E-state index contributed by atoms with van der Waals surface area (Å²) in [6, 6.07) is 1.62. The van der Waals surface area contributed by atoms with Crippen LogP contribution in [0.3, 0.4) is 0 Å². The van der Waals surface area contributed by atoms with Gasteiger partial charge in [-0.2, -0.15) is 5.10 Å². The highest BCUT2D eigenvalue weighted by Gasteiger charge is 2.30. The number of aromatic nitrogens is 2. The summed E-state index contributed by atoms with van der Waals surface area (Å²) in [5.74, 6) is -1.85. The molecule has 0 aliphatic rings. The Morgan fingerprint density at radius 2 is 2.12 bits per heavy atom. The van der Waals surface area contributed by atoms with Gasteiger partial charge in [0.05, 0.1) is 12.1 Å². The SMILES string of the molecule is C=C(CCC=C(C)CC)C(CC)C(CC(=O)Nc1ccn[nH]1)C(=O)O. The number of aliphatic carboxylic acids is 1. The second kappa shape index (κ2) is 10.5. The molecule has 25 heavy (non-hydrogen) atoms. The first-order chi connectivity index (χ1) is 11.9. The monoisotopic (exact) mass is 347 g/mol. The lowest BCUT2D eigenvalue weighted by molar-refractivity contribution is -0.145. The molecule has 0 bridgehead atoms. The van der Waals surface area contributed by atoms with Crippen LogP contribution in [-0.4, -0.2) is 27.2 Å². The lowest BCUT2D eigenvalue weighted by atomic mass is 9.80. The van der Waals surface area contributed by atoms with Crippen LogP contribution >= 0.6 is 0 Å². The van der Waals surface area contributed by atoms with Crippen LogP contribution in [0, 0.1) is 11.8 Å². The molecule has 2 atom stereocenters. The summed E-state index contributed by atoms with van der Waals surface area (Å²) in [5, 5.41) is 18.6. The Balaban J connectivity index is 2.70. The minimum atomic E-state index is -0.965. The van der Waals surface area contributed by atoms with Gasteiger partial charge in [0.2, 0.25) is 5.91 Å². The Hall–Kier alpha value is -2.37. The molecule has 0 saturated heterocycles. The lowest BCUT2D eigenvalue weighted by Crippen LogP contribution is -2.29. The van der Waals surface area contributed by atoms with Crippen molar-refractivity contribution in [3.8, 4) is 0 Å². The van der Waals surface area contributed by atoms with Crippen molar-refractivity contribution >= 4 is 17.7 Å². The molecule has 1 aromatic heterocycles. The Morgan fingerprint density at radius 1 is 1.40 bits per heavy atom. The number of allylic oxidation sites excluding steroid dienone is 3. The minimum absolute atomic E-state index is 0.0876. The summed E-state index contributed by atoms with van der Waals surface area (Å²) in [6.45, 7) is 10.2. The van der Waals surface area contributed by atoms with Gasteiger partial charge in [0.15, 0.2) is 0 Å².